The second kappa shape index (κ2) is 5.83. The second-order valence-corrected chi connectivity index (χ2v) is 5.70. The number of hydrogen-bond acceptors (Lipinski definition) is 3. The van der Waals surface area contributed by atoms with E-state index in [1.165, 1.54) is 12.8 Å². The molecule has 0 saturated carbocycles. The molecule has 0 bridgehead atoms. The first-order valence-corrected chi connectivity index (χ1v) is 7.08. The maximum absolute atomic E-state index is 4.49. The minimum atomic E-state index is 0.462. The molecule has 1 atom stereocenters. The van der Waals surface area contributed by atoms with Crippen molar-refractivity contribution in [2.45, 2.75) is 38.8 Å². The number of halogens is 1. The Bertz CT molecular complexity index is 361. The lowest BCUT2D eigenvalue weighted by Gasteiger charge is -2.31. The quantitative estimate of drug-likeness (QED) is 0.926. The Morgan fingerprint density at radius 3 is 3.00 bits per heavy atom. The van der Waals surface area contributed by atoms with Crippen LogP contribution in [0.5, 0.6) is 0 Å². The number of hydrogen-bond donors (Lipinski definition) is 1. The van der Waals surface area contributed by atoms with Crippen molar-refractivity contribution in [2.24, 2.45) is 0 Å². The Labute approximate surface area is 112 Å². The van der Waals surface area contributed by atoms with Gasteiger partial charge in [-0.2, -0.15) is 0 Å². The second-order valence-electron chi connectivity index (χ2n) is 4.85. The van der Waals surface area contributed by atoms with Crippen LogP contribution in [0.25, 0.3) is 0 Å². The summed E-state index contributed by atoms with van der Waals surface area (Å²) in [5.74, 6) is 1.05. The van der Waals surface area contributed by atoms with Crippen LogP contribution >= 0.6 is 15.9 Å². The molecule has 2 heterocycles. The van der Waals surface area contributed by atoms with E-state index < -0.39 is 0 Å². The molecule has 0 radical (unpaired) electrons. The average Bonchev–Trinajstić information content (AvgIpc) is 2.79. The summed E-state index contributed by atoms with van der Waals surface area (Å²) < 4.78 is 1.08. The van der Waals surface area contributed by atoms with Crippen LogP contribution in [0.4, 0.5) is 5.82 Å². The van der Waals surface area contributed by atoms with Crippen molar-refractivity contribution in [1.29, 1.82) is 0 Å². The standard InChI is InChI=1S/C13H20BrN3/c1-10(2)17(9-11-5-3-7-15-11)13-12(14)6-4-8-16-13/h4,6,8,10-11,15H,3,5,7,9H2,1-2H3. The lowest BCUT2D eigenvalue weighted by molar-refractivity contribution is 0.548. The molecular formula is C13H20BrN3. The molecule has 17 heavy (non-hydrogen) atoms. The van der Waals surface area contributed by atoms with E-state index in [2.05, 4.69) is 51.0 Å². The molecule has 0 spiro atoms. The van der Waals surface area contributed by atoms with Gasteiger partial charge in [-0.05, 0) is 61.3 Å². The number of nitrogens with zero attached hydrogens (tertiary/aromatic N) is 2. The molecule has 1 saturated heterocycles. The molecule has 1 fully saturated rings. The molecule has 1 N–H and O–H groups in total. The van der Waals surface area contributed by atoms with Crippen molar-refractivity contribution in [1.82, 2.24) is 10.3 Å². The Kier molecular flexibility index (Phi) is 4.40. The van der Waals surface area contributed by atoms with Gasteiger partial charge in [0.25, 0.3) is 0 Å². The molecule has 1 aliphatic heterocycles. The van der Waals surface area contributed by atoms with Gasteiger partial charge in [-0.25, -0.2) is 4.98 Å². The van der Waals surface area contributed by atoms with Crippen LogP contribution in [0.1, 0.15) is 26.7 Å². The van der Waals surface area contributed by atoms with Crippen LogP contribution in [-0.4, -0.2) is 30.2 Å². The van der Waals surface area contributed by atoms with Gasteiger partial charge in [0.05, 0.1) is 4.47 Å². The largest absolute Gasteiger partial charge is 0.352 e. The Balaban J connectivity index is 2.14. The first kappa shape index (κ1) is 12.8. The molecule has 1 aliphatic rings. The highest BCUT2D eigenvalue weighted by Gasteiger charge is 2.21. The topological polar surface area (TPSA) is 28.2 Å². The number of pyridine rings is 1. The van der Waals surface area contributed by atoms with Crippen molar-refractivity contribution in [3.8, 4) is 0 Å². The van der Waals surface area contributed by atoms with Crippen LogP contribution in [0.3, 0.4) is 0 Å². The van der Waals surface area contributed by atoms with E-state index in [4.69, 9.17) is 0 Å². The molecule has 1 unspecified atom stereocenters. The minimum absolute atomic E-state index is 0.462. The number of aromatic nitrogens is 1. The zero-order valence-electron chi connectivity index (χ0n) is 10.5. The van der Waals surface area contributed by atoms with Gasteiger partial charge in [0.1, 0.15) is 5.82 Å². The third-order valence-corrected chi connectivity index (χ3v) is 3.83. The fourth-order valence-corrected chi connectivity index (χ4v) is 2.76. The van der Waals surface area contributed by atoms with Gasteiger partial charge in [-0.1, -0.05) is 0 Å². The van der Waals surface area contributed by atoms with Crippen molar-refractivity contribution in [3.05, 3.63) is 22.8 Å². The van der Waals surface area contributed by atoms with Crippen molar-refractivity contribution < 1.29 is 0 Å². The lowest BCUT2D eigenvalue weighted by atomic mass is 10.2. The van der Waals surface area contributed by atoms with Gasteiger partial charge >= 0.3 is 0 Å². The first-order valence-electron chi connectivity index (χ1n) is 6.29. The smallest absolute Gasteiger partial charge is 0.143 e. The van der Waals surface area contributed by atoms with Gasteiger partial charge in [-0.15, -0.1) is 0 Å². The SMILES string of the molecule is CC(C)N(CC1CCCN1)c1ncccc1Br. The van der Waals surface area contributed by atoms with Crippen molar-refractivity contribution in [2.75, 3.05) is 18.0 Å². The molecule has 2 rings (SSSR count). The summed E-state index contributed by atoms with van der Waals surface area (Å²) in [6.07, 6.45) is 4.42. The van der Waals surface area contributed by atoms with Crippen LogP contribution in [-0.2, 0) is 0 Å². The highest BCUT2D eigenvalue weighted by Crippen LogP contribution is 2.25. The van der Waals surface area contributed by atoms with Crippen LogP contribution in [0.2, 0.25) is 0 Å². The normalized spacial score (nSPS) is 19.9. The summed E-state index contributed by atoms with van der Waals surface area (Å²) in [4.78, 5) is 6.86. The fraction of sp³-hybridized carbons (Fsp3) is 0.615. The fourth-order valence-electron chi connectivity index (χ4n) is 2.28. The Hall–Kier alpha value is -0.610. The molecule has 1 aromatic rings. The molecule has 4 heteroatoms. The zero-order valence-corrected chi connectivity index (χ0v) is 12.1. The van der Waals surface area contributed by atoms with E-state index in [0.717, 1.165) is 23.4 Å². The maximum atomic E-state index is 4.49. The number of rotatable bonds is 4. The number of anilines is 1. The molecule has 1 aromatic heterocycles. The van der Waals surface area contributed by atoms with Gasteiger partial charge in [0.15, 0.2) is 0 Å². The Morgan fingerprint density at radius 1 is 1.59 bits per heavy atom. The summed E-state index contributed by atoms with van der Waals surface area (Å²) in [5.41, 5.74) is 0. The van der Waals surface area contributed by atoms with Gasteiger partial charge < -0.3 is 10.2 Å². The van der Waals surface area contributed by atoms with E-state index in [9.17, 15) is 0 Å². The molecular weight excluding hydrogens is 278 g/mol. The third-order valence-electron chi connectivity index (χ3n) is 3.21. The van der Waals surface area contributed by atoms with E-state index in [1.54, 1.807) is 0 Å². The van der Waals surface area contributed by atoms with E-state index in [-0.39, 0.29) is 0 Å². The molecule has 0 amide bonds. The predicted octanol–water partition coefficient (Wildman–Crippen LogP) is 2.81. The first-order chi connectivity index (χ1) is 8.18. The van der Waals surface area contributed by atoms with E-state index in [0.29, 0.717) is 12.1 Å². The summed E-state index contributed by atoms with van der Waals surface area (Å²) in [7, 11) is 0. The van der Waals surface area contributed by atoms with Crippen molar-refractivity contribution >= 4 is 21.7 Å². The van der Waals surface area contributed by atoms with Gasteiger partial charge in [-0.3, -0.25) is 0 Å². The minimum Gasteiger partial charge on any atom is -0.352 e. The summed E-state index contributed by atoms with van der Waals surface area (Å²) in [6, 6.07) is 5.08. The molecule has 3 nitrogen and oxygen atoms in total. The molecule has 0 aromatic carbocycles. The van der Waals surface area contributed by atoms with Crippen LogP contribution in [0.15, 0.2) is 22.8 Å². The van der Waals surface area contributed by atoms with Crippen LogP contribution < -0.4 is 10.2 Å². The summed E-state index contributed by atoms with van der Waals surface area (Å²) in [5, 5.41) is 3.55. The average molecular weight is 298 g/mol. The van der Waals surface area contributed by atoms with E-state index in [1.807, 2.05) is 12.3 Å². The van der Waals surface area contributed by atoms with Gasteiger partial charge in [0, 0.05) is 24.8 Å². The zero-order chi connectivity index (χ0) is 12.3. The third kappa shape index (κ3) is 3.19. The highest BCUT2D eigenvalue weighted by molar-refractivity contribution is 9.10. The highest BCUT2D eigenvalue weighted by atomic mass is 79.9. The predicted molar refractivity (Wildman–Crippen MR) is 75.4 cm³/mol. The Morgan fingerprint density at radius 2 is 2.41 bits per heavy atom. The van der Waals surface area contributed by atoms with Crippen LogP contribution in [0, 0.1) is 0 Å². The number of nitrogens with one attached hydrogen (secondary N) is 1. The monoisotopic (exact) mass is 297 g/mol. The van der Waals surface area contributed by atoms with Crippen molar-refractivity contribution in [3.63, 3.8) is 0 Å². The molecule has 0 aliphatic carbocycles. The lowest BCUT2D eigenvalue weighted by Crippen LogP contribution is -2.42. The summed E-state index contributed by atoms with van der Waals surface area (Å²) in [6.45, 7) is 6.62. The maximum Gasteiger partial charge on any atom is 0.143 e. The van der Waals surface area contributed by atoms with Gasteiger partial charge in [0.2, 0.25) is 0 Å². The van der Waals surface area contributed by atoms with E-state index >= 15 is 0 Å². The summed E-state index contributed by atoms with van der Waals surface area (Å²) >= 11 is 3.59. The molecule has 94 valence electrons.